The molecule has 2 aromatic carbocycles. The molecular formula is C25H31NO4Si. The molecule has 0 N–H and O–H groups in total. The van der Waals surface area contributed by atoms with Crippen molar-refractivity contribution < 1.29 is 18.9 Å². The molecule has 0 spiro atoms. The van der Waals surface area contributed by atoms with E-state index < -0.39 is 20.1 Å². The highest BCUT2D eigenvalue weighted by Crippen LogP contribution is 2.39. The summed E-state index contributed by atoms with van der Waals surface area (Å²) in [6.45, 7) is 11.4. The van der Waals surface area contributed by atoms with Gasteiger partial charge in [0.25, 0.3) is 11.8 Å². The van der Waals surface area contributed by atoms with E-state index in [1.54, 1.807) is 24.3 Å². The predicted molar refractivity (Wildman–Crippen MR) is 125 cm³/mol. The van der Waals surface area contributed by atoms with Crippen molar-refractivity contribution in [3.63, 3.8) is 0 Å². The number of rotatable bonds is 8. The van der Waals surface area contributed by atoms with E-state index in [-0.39, 0.29) is 11.6 Å². The van der Waals surface area contributed by atoms with Crippen molar-refractivity contribution in [2.45, 2.75) is 51.7 Å². The van der Waals surface area contributed by atoms with Crippen LogP contribution in [0.2, 0.25) is 18.1 Å². The van der Waals surface area contributed by atoms with Gasteiger partial charge < -0.3 is 4.43 Å². The van der Waals surface area contributed by atoms with Crippen LogP contribution in [0.4, 0.5) is 0 Å². The summed E-state index contributed by atoms with van der Waals surface area (Å²) in [7, 11) is -1.99. The number of benzene rings is 2. The highest BCUT2D eigenvalue weighted by molar-refractivity contribution is 6.74. The molecule has 0 unspecified atom stereocenters. The molecule has 6 heteroatoms. The van der Waals surface area contributed by atoms with Crippen LogP contribution in [0.5, 0.6) is 0 Å². The summed E-state index contributed by atoms with van der Waals surface area (Å²) in [5, 5.41) is 0.966. The zero-order valence-corrected chi connectivity index (χ0v) is 20.0. The number of unbranched alkanes of at least 4 members (excludes halogenated alkanes) is 1. The standard InChI is InChI=1S/C25H31NO4Si/c1-25(2,3)31(4,5)30-22(19-13-7-6-8-14-19)17-11-12-18-29-26-23(27)20-15-9-10-16-21(20)24(26)28/h6-10,13-17H,11-12,18H2,1-5H3/b22-17-. The van der Waals surface area contributed by atoms with Crippen LogP contribution < -0.4 is 0 Å². The zero-order chi connectivity index (χ0) is 22.6. The van der Waals surface area contributed by atoms with Crippen LogP contribution in [-0.4, -0.2) is 31.8 Å². The minimum absolute atomic E-state index is 0.0927. The van der Waals surface area contributed by atoms with Gasteiger partial charge in [-0.2, -0.15) is 0 Å². The Morgan fingerprint density at radius 1 is 0.935 bits per heavy atom. The minimum Gasteiger partial charge on any atom is -0.543 e. The number of nitrogens with zero attached hydrogens (tertiary/aromatic N) is 1. The van der Waals surface area contributed by atoms with Crippen molar-refractivity contribution in [3.05, 3.63) is 77.4 Å². The van der Waals surface area contributed by atoms with Crippen molar-refractivity contribution in [1.29, 1.82) is 0 Å². The highest BCUT2D eigenvalue weighted by atomic mass is 28.4. The van der Waals surface area contributed by atoms with Crippen molar-refractivity contribution in [2.75, 3.05) is 6.61 Å². The third-order valence-corrected chi connectivity index (χ3v) is 10.2. The van der Waals surface area contributed by atoms with Crippen LogP contribution in [0.3, 0.4) is 0 Å². The quantitative estimate of drug-likeness (QED) is 0.218. The first kappa shape index (κ1) is 23.0. The van der Waals surface area contributed by atoms with Crippen molar-refractivity contribution >= 4 is 25.9 Å². The molecule has 3 rings (SSSR count). The molecule has 0 saturated carbocycles. The van der Waals surface area contributed by atoms with E-state index in [2.05, 4.69) is 39.9 Å². The van der Waals surface area contributed by atoms with E-state index in [4.69, 9.17) is 9.26 Å². The zero-order valence-electron chi connectivity index (χ0n) is 19.0. The van der Waals surface area contributed by atoms with Crippen molar-refractivity contribution in [2.24, 2.45) is 0 Å². The van der Waals surface area contributed by atoms with E-state index in [9.17, 15) is 9.59 Å². The molecular weight excluding hydrogens is 406 g/mol. The Morgan fingerprint density at radius 2 is 1.48 bits per heavy atom. The first-order valence-corrected chi connectivity index (χ1v) is 13.6. The topological polar surface area (TPSA) is 55.8 Å². The van der Waals surface area contributed by atoms with Crippen LogP contribution in [-0.2, 0) is 9.26 Å². The van der Waals surface area contributed by atoms with Gasteiger partial charge in [-0.05, 0) is 49.2 Å². The molecule has 0 bridgehead atoms. The average molecular weight is 438 g/mol. The molecule has 0 aliphatic carbocycles. The maximum atomic E-state index is 12.4. The summed E-state index contributed by atoms with van der Waals surface area (Å²) in [6.07, 6.45) is 3.45. The number of carbonyl (C=O) groups excluding carboxylic acids is 2. The van der Waals surface area contributed by atoms with Crippen LogP contribution in [0.1, 0.15) is 59.9 Å². The van der Waals surface area contributed by atoms with E-state index in [1.807, 2.05) is 30.3 Å². The third kappa shape index (κ3) is 5.14. The number of carbonyl (C=O) groups is 2. The first-order valence-electron chi connectivity index (χ1n) is 10.7. The molecule has 2 amide bonds. The van der Waals surface area contributed by atoms with Crippen LogP contribution in [0, 0.1) is 0 Å². The molecule has 1 aliphatic heterocycles. The molecule has 5 nitrogen and oxygen atoms in total. The Kier molecular flexibility index (Phi) is 6.82. The van der Waals surface area contributed by atoms with Gasteiger partial charge in [-0.3, -0.25) is 14.4 Å². The number of hydrogen-bond donors (Lipinski definition) is 0. The average Bonchev–Trinajstić information content (AvgIpc) is 2.97. The molecule has 1 aliphatic rings. The molecule has 0 atom stereocenters. The fourth-order valence-electron chi connectivity index (χ4n) is 3.01. The first-order chi connectivity index (χ1) is 14.6. The molecule has 31 heavy (non-hydrogen) atoms. The Hall–Kier alpha value is -2.70. The summed E-state index contributed by atoms with van der Waals surface area (Å²) in [5.41, 5.74) is 1.83. The van der Waals surface area contributed by atoms with Crippen molar-refractivity contribution in [1.82, 2.24) is 5.06 Å². The maximum absolute atomic E-state index is 12.4. The lowest BCUT2D eigenvalue weighted by Crippen LogP contribution is -2.40. The van der Waals surface area contributed by atoms with Gasteiger partial charge in [0.1, 0.15) is 5.76 Å². The number of hydroxylamine groups is 2. The van der Waals surface area contributed by atoms with Gasteiger partial charge in [0, 0.05) is 5.56 Å². The van der Waals surface area contributed by atoms with Crippen LogP contribution in [0.15, 0.2) is 60.7 Å². The lowest BCUT2D eigenvalue weighted by Gasteiger charge is -2.37. The summed E-state index contributed by atoms with van der Waals surface area (Å²) < 4.78 is 6.59. The second-order valence-corrected chi connectivity index (χ2v) is 13.9. The van der Waals surface area contributed by atoms with E-state index in [0.717, 1.165) is 16.4 Å². The van der Waals surface area contributed by atoms with E-state index in [1.165, 1.54) is 0 Å². The second kappa shape index (κ2) is 9.20. The smallest absolute Gasteiger partial charge is 0.285 e. The largest absolute Gasteiger partial charge is 0.543 e. The Labute approximate surface area is 185 Å². The molecule has 0 saturated heterocycles. The normalized spacial score (nSPS) is 14.7. The molecule has 0 aromatic heterocycles. The molecule has 0 radical (unpaired) electrons. The Morgan fingerprint density at radius 3 is 2.03 bits per heavy atom. The van der Waals surface area contributed by atoms with Gasteiger partial charge in [0.2, 0.25) is 8.32 Å². The van der Waals surface area contributed by atoms with Gasteiger partial charge in [-0.25, -0.2) is 0 Å². The predicted octanol–water partition coefficient (Wildman–Crippen LogP) is 6.06. The van der Waals surface area contributed by atoms with Gasteiger partial charge in [0.05, 0.1) is 17.7 Å². The van der Waals surface area contributed by atoms with Crippen LogP contribution >= 0.6 is 0 Å². The minimum atomic E-state index is -1.99. The SMILES string of the molecule is CC(C)(C)[Si](C)(C)O/C(=C\CCCON1C(=O)c2ccccc2C1=O)c1ccccc1. The van der Waals surface area contributed by atoms with Crippen LogP contribution in [0.25, 0.3) is 5.76 Å². The number of amides is 2. The summed E-state index contributed by atoms with van der Waals surface area (Å²) in [4.78, 5) is 30.3. The molecule has 164 valence electrons. The molecule has 1 heterocycles. The van der Waals surface area contributed by atoms with E-state index in [0.29, 0.717) is 24.0 Å². The Balaban J connectivity index is 1.62. The second-order valence-electron chi connectivity index (χ2n) is 9.22. The summed E-state index contributed by atoms with van der Waals surface area (Å²) >= 11 is 0. The number of fused-ring (bicyclic) bond motifs is 1. The number of imide groups is 1. The monoisotopic (exact) mass is 437 g/mol. The highest BCUT2D eigenvalue weighted by Gasteiger charge is 2.39. The third-order valence-electron chi connectivity index (χ3n) is 5.88. The fraction of sp³-hybridized carbons (Fsp3) is 0.360. The summed E-state index contributed by atoms with van der Waals surface area (Å²) in [5.74, 6) is 0.0812. The summed E-state index contributed by atoms with van der Waals surface area (Å²) in [6, 6.07) is 16.9. The van der Waals surface area contributed by atoms with Crippen molar-refractivity contribution in [3.8, 4) is 0 Å². The van der Waals surface area contributed by atoms with Gasteiger partial charge in [-0.1, -0.05) is 63.2 Å². The fourth-order valence-corrected chi connectivity index (χ4v) is 4.06. The number of hydrogen-bond acceptors (Lipinski definition) is 4. The maximum Gasteiger partial charge on any atom is 0.285 e. The lowest BCUT2D eigenvalue weighted by atomic mass is 10.1. The Bertz CT molecular complexity index is 942. The lowest BCUT2D eigenvalue weighted by molar-refractivity contribution is -0.0917. The van der Waals surface area contributed by atoms with E-state index >= 15 is 0 Å². The number of allylic oxidation sites excluding steroid dienone is 1. The molecule has 0 fully saturated rings. The molecule has 2 aromatic rings. The van der Waals surface area contributed by atoms with Gasteiger partial charge in [-0.15, -0.1) is 5.06 Å². The van der Waals surface area contributed by atoms with Gasteiger partial charge >= 0.3 is 0 Å². The van der Waals surface area contributed by atoms with Gasteiger partial charge in [0.15, 0.2) is 0 Å².